The smallest absolute Gasteiger partial charge is 0.321 e. The number of anilines is 1. The maximum Gasteiger partial charge on any atom is 0.321 e. The quantitative estimate of drug-likeness (QED) is 0.500. The Hall–Kier alpha value is -2.20. The summed E-state index contributed by atoms with van der Waals surface area (Å²) < 4.78 is 0. The molecule has 8 nitrogen and oxygen atoms in total. The molecule has 2 amide bonds. The van der Waals surface area contributed by atoms with Gasteiger partial charge < -0.3 is 16.8 Å². The highest BCUT2D eigenvalue weighted by molar-refractivity contribution is 7.16. The lowest BCUT2D eigenvalue weighted by atomic mass is 10.3. The van der Waals surface area contributed by atoms with Crippen molar-refractivity contribution in [2.45, 2.75) is 26.8 Å². The van der Waals surface area contributed by atoms with Gasteiger partial charge in [-0.1, -0.05) is 0 Å². The minimum atomic E-state index is -0.283. The molecule has 0 bridgehead atoms. The predicted octanol–water partition coefficient (Wildman–Crippen LogP) is 2.01. The fourth-order valence-electron chi connectivity index (χ4n) is 1.62. The highest BCUT2D eigenvalue weighted by atomic mass is 32.1. The molecule has 0 aliphatic heterocycles. The van der Waals surface area contributed by atoms with Crippen LogP contribution >= 0.6 is 22.7 Å². The van der Waals surface area contributed by atoms with Gasteiger partial charge in [-0.3, -0.25) is 5.32 Å². The molecule has 6 N–H and O–H groups in total. The number of urea groups is 1. The molecule has 2 heterocycles. The lowest BCUT2D eigenvalue weighted by Gasteiger charge is -2.07. The van der Waals surface area contributed by atoms with Crippen molar-refractivity contribution in [3.63, 3.8) is 0 Å². The summed E-state index contributed by atoms with van der Waals surface area (Å²) in [6, 6.07) is -0.226. The molecule has 0 radical (unpaired) electrons. The first-order valence-electron chi connectivity index (χ1n) is 6.45. The average Bonchev–Trinajstić information content (AvgIpc) is 2.94. The average molecular weight is 339 g/mol. The molecule has 0 aliphatic carbocycles. The van der Waals surface area contributed by atoms with Crippen molar-refractivity contribution in [1.82, 2.24) is 15.3 Å². The summed E-state index contributed by atoms with van der Waals surface area (Å²) in [6.45, 7) is 5.69. The van der Waals surface area contributed by atoms with E-state index in [1.165, 1.54) is 22.7 Å². The third kappa shape index (κ3) is 4.15. The molecule has 2 aromatic rings. The number of rotatable bonds is 4. The summed E-state index contributed by atoms with van der Waals surface area (Å²) in [4.78, 5) is 25.2. The maximum absolute atomic E-state index is 11.7. The van der Waals surface area contributed by atoms with Gasteiger partial charge in [-0.25, -0.2) is 14.8 Å². The van der Waals surface area contributed by atoms with Crippen molar-refractivity contribution in [3.8, 4) is 11.4 Å². The minimum absolute atomic E-state index is 0.0383. The first-order valence-corrected chi connectivity index (χ1v) is 8.15. The summed E-state index contributed by atoms with van der Waals surface area (Å²) in [5, 5.41) is 8.26. The van der Waals surface area contributed by atoms with Gasteiger partial charge in [0.1, 0.15) is 11.4 Å². The summed E-state index contributed by atoms with van der Waals surface area (Å²) in [7, 11) is 0. The Labute approximate surface area is 135 Å². The molecule has 2 aromatic heterocycles. The van der Waals surface area contributed by atoms with Crippen molar-refractivity contribution >= 4 is 44.9 Å². The molecule has 0 unspecified atom stereocenters. The van der Waals surface area contributed by atoms with Gasteiger partial charge in [-0.15, -0.1) is 22.7 Å². The lowest BCUT2D eigenvalue weighted by molar-refractivity contribution is 0.250. The number of aromatic nitrogens is 2. The van der Waals surface area contributed by atoms with Gasteiger partial charge in [-0.05, 0) is 20.8 Å². The van der Waals surface area contributed by atoms with Crippen LogP contribution in [0.25, 0.3) is 11.4 Å². The number of hydrogen-bond acceptors (Lipinski definition) is 6. The van der Waals surface area contributed by atoms with E-state index in [1.807, 2.05) is 26.2 Å². The van der Waals surface area contributed by atoms with E-state index in [0.717, 1.165) is 4.88 Å². The van der Waals surface area contributed by atoms with Gasteiger partial charge in [0.05, 0.1) is 0 Å². The van der Waals surface area contributed by atoms with Gasteiger partial charge in [0.2, 0.25) is 5.13 Å². The Balaban J connectivity index is 2.17. The topological polar surface area (TPSA) is 131 Å². The fourth-order valence-corrected chi connectivity index (χ4v) is 3.13. The van der Waals surface area contributed by atoms with E-state index < -0.39 is 0 Å². The minimum Gasteiger partial charge on any atom is -0.370 e. The molecule has 0 aromatic carbocycles. The van der Waals surface area contributed by atoms with Gasteiger partial charge >= 0.3 is 6.03 Å². The SMILES string of the molecule is Cc1sc(NC(=O)NC(C)C)nc1-c1csc(N=C(N)N)n1. The van der Waals surface area contributed by atoms with E-state index in [4.69, 9.17) is 11.5 Å². The Morgan fingerprint density at radius 1 is 1.36 bits per heavy atom. The zero-order valence-corrected chi connectivity index (χ0v) is 14.0. The van der Waals surface area contributed by atoms with Crippen LogP contribution in [0.2, 0.25) is 0 Å². The lowest BCUT2D eigenvalue weighted by Crippen LogP contribution is -2.34. The number of thiazole rings is 2. The number of carbonyl (C=O) groups is 1. The van der Waals surface area contributed by atoms with Crippen LogP contribution in [0.5, 0.6) is 0 Å². The Morgan fingerprint density at radius 3 is 2.73 bits per heavy atom. The van der Waals surface area contributed by atoms with E-state index in [-0.39, 0.29) is 18.0 Å². The zero-order chi connectivity index (χ0) is 16.3. The van der Waals surface area contributed by atoms with Gasteiger partial charge in [0, 0.05) is 16.3 Å². The van der Waals surface area contributed by atoms with Crippen LogP contribution in [0.1, 0.15) is 18.7 Å². The van der Waals surface area contributed by atoms with E-state index in [9.17, 15) is 4.79 Å². The molecule has 0 aliphatic rings. The molecule has 0 saturated heterocycles. The molecule has 0 spiro atoms. The summed E-state index contributed by atoms with van der Waals surface area (Å²) >= 11 is 2.70. The van der Waals surface area contributed by atoms with Crippen LogP contribution in [0.3, 0.4) is 0 Å². The van der Waals surface area contributed by atoms with Gasteiger partial charge in [0.15, 0.2) is 11.1 Å². The Kier molecular flexibility index (Phi) is 4.93. The number of carbonyl (C=O) groups excluding carboxylic acids is 1. The molecule has 0 fully saturated rings. The number of nitrogens with two attached hydrogens (primary N) is 2. The van der Waals surface area contributed by atoms with Crippen LogP contribution in [-0.2, 0) is 0 Å². The van der Waals surface area contributed by atoms with Crippen molar-refractivity contribution in [2.24, 2.45) is 16.5 Å². The molecule has 0 saturated carbocycles. The van der Waals surface area contributed by atoms with Crippen LogP contribution in [0, 0.1) is 6.92 Å². The standard InChI is InChI=1S/C12H17N7OS2/c1-5(2)15-10(20)19-12-17-8(6(3)22-12)7-4-21-11(16-7)18-9(13)14/h4-5H,1-3H3,(H4,13,14,16,18)(H2,15,17,19,20). The first kappa shape index (κ1) is 16.2. The predicted molar refractivity (Wildman–Crippen MR) is 90.7 cm³/mol. The first-order chi connectivity index (χ1) is 10.3. The number of guanidine groups is 1. The van der Waals surface area contributed by atoms with Gasteiger partial charge in [0.25, 0.3) is 0 Å². The fraction of sp³-hybridized carbons (Fsp3) is 0.333. The van der Waals surface area contributed by atoms with E-state index in [0.29, 0.717) is 21.7 Å². The highest BCUT2D eigenvalue weighted by Crippen LogP contribution is 2.32. The van der Waals surface area contributed by atoms with Crippen molar-refractivity contribution in [1.29, 1.82) is 0 Å². The third-order valence-corrected chi connectivity index (χ3v) is 4.02. The van der Waals surface area contributed by atoms with Crippen molar-refractivity contribution in [2.75, 3.05) is 5.32 Å². The number of hydrogen-bond donors (Lipinski definition) is 4. The second-order valence-electron chi connectivity index (χ2n) is 4.73. The number of aryl methyl sites for hydroxylation is 1. The molecular weight excluding hydrogens is 322 g/mol. The third-order valence-electron chi connectivity index (χ3n) is 2.40. The monoisotopic (exact) mass is 339 g/mol. The molecule has 10 heteroatoms. The maximum atomic E-state index is 11.7. The van der Waals surface area contributed by atoms with E-state index in [2.05, 4.69) is 25.6 Å². The van der Waals surface area contributed by atoms with Crippen LogP contribution < -0.4 is 22.1 Å². The van der Waals surface area contributed by atoms with E-state index >= 15 is 0 Å². The number of aliphatic imine (C=N–C) groups is 1. The Bertz CT molecular complexity index is 700. The second kappa shape index (κ2) is 6.71. The normalized spacial score (nSPS) is 10.5. The summed E-state index contributed by atoms with van der Waals surface area (Å²) in [6.07, 6.45) is 0. The van der Waals surface area contributed by atoms with E-state index in [1.54, 1.807) is 0 Å². The van der Waals surface area contributed by atoms with Crippen molar-refractivity contribution < 1.29 is 4.79 Å². The number of nitrogens with one attached hydrogen (secondary N) is 2. The Morgan fingerprint density at radius 2 is 2.09 bits per heavy atom. The molecule has 22 heavy (non-hydrogen) atoms. The van der Waals surface area contributed by atoms with Gasteiger partial charge in [-0.2, -0.15) is 4.99 Å². The summed E-state index contributed by atoms with van der Waals surface area (Å²) in [5.74, 6) is -0.0383. The largest absolute Gasteiger partial charge is 0.370 e. The molecular formula is C12H17N7OS2. The molecule has 0 atom stereocenters. The molecule has 2 rings (SSSR count). The van der Waals surface area contributed by atoms with Crippen LogP contribution in [0.15, 0.2) is 10.4 Å². The van der Waals surface area contributed by atoms with Crippen LogP contribution in [-0.4, -0.2) is 28.0 Å². The number of nitrogens with zero attached hydrogens (tertiary/aromatic N) is 3. The molecule has 118 valence electrons. The van der Waals surface area contributed by atoms with Crippen molar-refractivity contribution in [3.05, 3.63) is 10.3 Å². The summed E-state index contributed by atoms with van der Waals surface area (Å²) in [5.41, 5.74) is 12.0. The second-order valence-corrected chi connectivity index (χ2v) is 6.77. The van der Waals surface area contributed by atoms with Crippen LogP contribution in [0.4, 0.5) is 15.1 Å². The zero-order valence-electron chi connectivity index (χ0n) is 12.4. The number of amides is 2. The highest BCUT2D eigenvalue weighted by Gasteiger charge is 2.15.